The Balaban J connectivity index is 1.66. The maximum Gasteiger partial charge on any atom is 0.234 e. The van der Waals surface area contributed by atoms with Crippen molar-refractivity contribution >= 4 is 5.91 Å². The molecule has 0 bridgehead atoms. The number of carbonyl (C=O) groups is 1. The fourth-order valence-corrected chi connectivity index (χ4v) is 2.75. The molecule has 0 spiro atoms. The van der Waals surface area contributed by atoms with Crippen molar-refractivity contribution < 1.29 is 9.53 Å². The summed E-state index contributed by atoms with van der Waals surface area (Å²) in [5, 5.41) is 2.87. The second-order valence-electron chi connectivity index (χ2n) is 5.69. The Hall–Kier alpha value is -1.40. The summed E-state index contributed by atoms with van der Waals surface area (Å²) < 4.78 is 7.14. The lowest BCUT2D eigenvalue weighted by atomic mass is 9.96. The van der Waals surface area contributed by atoms with Crippen LogP contribution in [0.2, 0.25) is 0 Å². The first-order chi connectivity index (χ1) is 10.2. The van der Waals surface area contributed by atoms with Gasteiger partial charge < -0.3 is 14.6 Å². The molecule has 1 aliphatic heterocycles. The molecule has 1 fully saturated rings. The first-order valence-corrected chi connectivity index (χ1v) is 7.64. The number of ether oxygens (including phenoxy) is 1. The van der Waals surface area contributed by atoms with E-state index >= 15 is 0 Å². The lowest BCUT2D eigenvalue weighted by molar-refractivity contribution is -0.122. The normalized spacial score (nSPS) is 17.0. The van der Waals surface area contributed by atoms with Gasteiger partial charge in [-0.3, -0.25) is 9.69 Å². The first kappa shape index (κ1) is 16.0. The van der Waals surface area contributed by atoms with Gasteiger partial charge in [-0.15, -0.1) is 0 Å². The number of carbonyl (C=O) groups excluding carboxylic acids is 1. The number of hydrogen-bond donors (Lipinski definition) is 1. The number of aryl methyl sites for hydroxylation is 1. The lowest BCUT2D eigenvalue weighted by Gasteiger charge is -2.31. The predicted octanol–water partition coefficient (Wildman–Crippen LogP) is 0.666. The van der Waals surface area contributed by atoms with Crippen molar-refractivity contribution in [1.29, 1.82) is 0 Å². The van der Waals surface area contributed by atoms with Crippen molar-refractivity contribution in [2.75, 3.05) is 39.9 Å². The lowest BCUT2D eigenvalue weighted by Crippen LogP contribution is -2.42. The van der Waals surface area contributed by atoms with Crippen LogP contribution in [0.15, 0.2) is 12.4 Å². The fraction of sp³-hybridized carbons (Fsp3) is 0.733. The van der Waals surface area contributed by atoms with Crippen LogP contribution in [0.1, 0.15) is 18.7 Å². The summed E-state index contributed by atoms with van der Waals surface area (Å²) >= 11 is 0. The first-order valence-electron chi connectivity index (χ1n) is 7.64. The van der Waals surface area contributed by atoms with Crippen molar-refractivity contribution in [2.45, 2.75) is 26.3 Å². The fourth-order valence-electron chi connectivity index (χ4n) is 2.75. The van der Waals surface area contributed by atoms with Crippen LogP contribution in [-0.2, 0) is 16.1 Å². The van der Waals surface area contributed by atoms with E-state index in [1.165, 1.54) is 0 Å². The summed E-state index contributed by atoms with van der Waals surface area (Å²) in [7, 11) is 1.64. The van der Waals surface area contributed by atoms with Gasteiger partial charge in [0.05, 0.1) is 13.2 Å². The van der Waals surface area contributed by atoms with Gasteiger partial charge in [0.2, 0.25) is 5.91 Å². The number of nitrogens with one attached hydrogen (secondary N) is 1. The highest BCUT2D eigenvalue weighted by molar-refractivity contribution is 5.77. The Bertz CT molecular complexity index is 439. The Morgan fingerprint density at radius 3 is 2.86 bits per heavy atom. The van der Waals surface area contributed by atoms with Crippen LogP contribution >= 0.6 is 0 Å². The minimum atomic E-state index is 0.0935. The minimum absolute atomic E-state index is 0.0935. The highest BCUT2D eigenvalue weighted by atomic mass is 16.5. The predicted molar refractivity (Wildman–Crippen MR) is 81.0 cm³/mol. The number of rotatable bonds is 7. The average Bonchev–Trinajstić information content (AvgIpc) is 2.87. The molecule has 6 nitrogen and oxygen atoms in total. The molecule has 0 saturated carbocycles. The summed E-state index contributed by atoms with van der Waals surface area (Å²) in [4.78, 5) is 18.2. The second kappa shape index (κ2) is 8.14. The highest BCUT2D eigenvalue weighted by Gasteiger charge is 2.21. The third-order valence-corrected chi connectivity index (χ3v) is 4.08. The molecule has 0 aromatic carbocycles. The molecule has 1 aliphatic rings. The van der Waals surface area contributed by atoms with Gasteiger partial charge in [-0.05, 0) is 38.8 Å². The van der Waals surface area contributed by atoms with Gasteiger partial charge in [-0.25, -0.2) is 4.98 Å². The monoisotopic (exact) mass is 294 g/mol. The van der Waals surface area contributed by atoms with Crippen molar-refractivity contribution in [3.63, 3.8) is 0 Å². The Labute approximate surface area is 126 Å². The van der Waals surface area contributed by atoms with E-state index in [0.29, 0.717) is 25.6 Å². The zero-order chi connectivity index (χ0) is 15.1. The molecule has 1 N–H and O–H groups in total. The topological polar surface area (TPSA) is 59.4 Å². The number of methoxy groups -OCH3 is 1. The maximum absolute atomic E-state index is 11.7. The molecule has 0 atom stereocenters. The van der Waals surface area contributed by atoms with Crippen LogP contribution in [0.3, 0.4) is 0 Å². The van der Waals surface area contributed by atoms with E-state index < -0.39 is 0 Å². The van der Waals surface area contributed by atoms with Crippen molar-refractivity contribution in [3.05, 3.63) is 18.2 Å². The van der Waals surface area contributed by atoms with Gasteiger partial charge in [0, 0.05) is 32.6 Å². The molecule has 2 rings (SSSR count). The van der Waals surface area contributed by atoms with E-state index in [4.69, 9.17) is 4.74 Å². The molecule has 0 aliphatic carbocycles. The van der Waals surface area contributed by atoms with Gasteiger partial charge in [-0.1, -0.05) is 0 Å². The molecular formula is C15H26N4O2. The van der Waals surface area contributed by atoms with E-state index in [0.717, 1.165) is 38.3 Å². The number of piperidine rings is 1. The summed E-state index contributed by atoms with van der Waals surface area (Å²) in [5.74, 6) is 1.86. The molecule has 1 aromatic heterocycles. The molecule has 6 heteroatoms. The smallest absolute Gasteiger partial charge is 0.234 e. The van der Waals surface area contributed by atoms with E-state index in [1.807, 2.05) is 19.3 Å². The summed E-state index contributed by atoms with van der Waals surface area (Å²) in [5.41, 5.74) is 0. The molecule has 0 radical (unpaired) electrons. The number of likely N-dealkylation sites (tertiary alicyclic amines) is 1. The van der Waals surface area contributed by atoms with E-state index in [1.54, 1.807) is 7.11 Å². The molecule has 1 amide bonds. The van der Waals surface area contributed by atoms with Gasteiger partial charge in [0.25, 0.3) is 0 Å². The number of imidazole rings is 1. The summed E-state index contributed by atoms with van der Waals surface area (Å²) in [6, 6.07) is 0. The van der Waals surface area contributed by atoms with Crippen LogP contribution in [0, 0.1) is 12.8 Å². The van der Waals surface area contributed by atoms with Crippen LogP contribution in [0.25, 0.3) is 0 Å². The molecule has 1 aromatic rings. The Morgan fingerprint density at radius 2 is 2.24 bits per heavy atom. The number of nitrogens with zero attached hydrogens (tertiary/aromatic N) is 3. The van der Waals surface area contributed by atoms with Crippen LogP contribution in [0.5, 0.6) is 0 Å². The zero-order valence-corrected chi connectivity index (χ0v) is 13.0. The number of hydrogen-bond acceptors (Lipinski definition) is 4. The van der Waals surface area contributed by atoms with Crippen LogP contribution < -0.4 is 5.32 Å². The largest absolute Gasteiger partial charge is 0.383 e. The third kappa shape index (κ3) is 5.13. The van der Waals surface area contributed by atoms with Crippen molar-refractivity contribution in [1.82, 2.24) is 19.8 Å². The second-order valence-corrected chi connectivity index (χ2v) is 5.69. The maximum atomic E-state index is 11.7. The molecule has 0 unspecified atom stereocenters. The average molecular weight is 294 g/mol. The van der Waals surface area contributed by atoms with E-state index in [9.17, 15) is 4.79 Å². The van der Waals surface area contributed by atoms with Gasteiger partial charge in [0.15, 0.2) is 0 Å². The molecule has 1 saturated heterocycles. The van der Waals surface area contributed by atoms with Gasteiger partial charge >= 0.3 is 0 Å². The van der Waals surface area contributed by atoms with Gasteiger partial charge in [-0.2, -0.15) is 0 Å². The molecule has 21 heavy (non-hydrogen) atoms. The molecule has 118 valence electrons. The van der Waals surface area contributed by atoms with Crippen molar-refractivity contribution in [3.8, 4) is 0 Å². The van der Waals surface area contributed by atoms with E-state index in [-0.39, 0.29) is 5.91 Å². The zero-order valence-electron chi connectivity index (χ0n) is 13.0. The van der Waals surface area contributed by atoms with E-state index in [2.05, 4.69) is 19.8 Å². The SMILES string of the molecule is COCCNC(=O)CN1CCC(Cn2ccnc2C)CC1. The van der Waals surface area contributed by atoms with Crippen LogP contribution in [0.4, 0.5) is 0 Å². The minimum Gasteiger partial charge on any atom is -0.383 e. The Kier molecular flexibility index (Phi) is 6.20. The highest BCUT2D eigenvalue weighted by Crippen LogP contribution is 2.19. The number of amides is 1. The summed E-state index contributed by atoms with van der Waals surface area (Å²) in [6.07, 6.45) is 6.19. The molecule has 2 heterocycles. The van der Waals surface area contributed by atoms with Crippen molar-refractivity contribution in [2.24, 2.45) is 5.92 Å². The van der Waals surface area contributed by atoms with Gasteiger partial charge in [0.1, 0.15) is 5.82 Å². The Morgan fingerprint density at radius 1 is 1.48 bits per heavy atom. The molecular weight excluding hydrogens is 268 g/mol. The number of aromatic nitrogens is 2. The standard InChI is InChI=1S/C15H26N4O2/c1-13-16-5-9-19(13)11-14-3-7-18(8-4-14)12-15(20)17-6-10-21-2/h5,9,14H,3-4,6-8,10-12H2,1-2H3,(H,17,20). The summed E-state index contributed by atoms with van der Waals surface area (Å²) in [6.45, 7) is 6.73. The third-order valence-electron chi connectivity index (χ3n) is 4.08. The van der Waals surface area contributed by atoms with Crippen LogP contribution in [-0.4, -0.2) is 60.3 Å². The quantitative estimate of drug-likeness (QED) is 0.751.